The zero-order valence-corrected chi connectivity index (χ0v) is 3.10. The molecule has 0 amide bonds. The number of hydrogen-bond donors (Lipinski definition) is 2. The van der Waals surface area contributed by atoms with Crippen molar-refractivity contribution in [1.82, 2.24) is 9.97 Å². The Hall–Kier alpha value is -0.990. The van der Waals surface area contributed by atoms with E-state index in [0.29, 0.717) is 5.82 Å². The van der Waals surface area contributed by atoms with Crippen molar-refractivity contribution >= 4 is 5.82 Å². The molecule has 0 bridgehead atoms. The summed E-state index contributed by atoms with van der Waals surface area (Å²) in [4.78, 5) is 6.13. The quantitative estimate of drug-likeness (QED) is 0.455. The highest BCUT2D eigenvalue weighted by atomic mass is 14.9. The van der Waals surface area contributed by atoms with Crippen molar-refractivity contribution in [3.8, 4) is 0 Å². The van der Waals surface area contributed by atoms with Gasteiger partial charge in [0.1, 0.15) is 12.0 Å². The van der Waals surface area contributed by atoms with E-state index in [1.165, 1.54) is 6.33 Å². The molecule has 31 valence electrons. The summed E-state index contributed by atoms with van der Waals surface area (Å²) in [6, 6.07) is 0. The average Bonchev–Trinajstić information content (AvgIpc) is 1.86. The summed E-state index contributed by atoms with van der Waals surface area (Å²) in [6.07, 6.45) is 3.95. The topological polar surface area (TPSA) is 54.7 Å². The highest BCUT2D eigenvalue weighted by Gasteiger charge is 1.75. The second-order valence-corrected chi connectivity index (χ2v) is 0.928. The number of nitrogen functional groups attached to an aromatic ring is 1. The normalized spacial score (nSPS) is 8.67. The van der Waals surface area contributed by atoms with E-state index in [0.717, 1.165) is 0 Å². The maximum absolute atomic E-state index is 5.10. The van der Waals surface area contributed by atoms with Crippen LogP contribution in [0.4, 0.5) is 5.82 Å². The van der Waals surface area contributed by atoms with Gasteiger partial charge in [0.25, 0.3) is 0 Å². The van der Waals surface area contributed by atoms with E-state index in [1.54, 1.807) is 0 Å². The van der Waals surface area contributed by atoms with E-state index < -0.39 is 0 Å². The monoisotopic (exact) mass is 82.0 g/mol. The Balaban J connectivity index is 3.05. The van der Waals surface area contributed by atoms with Crippen LogP contribution < -0.4 is 5.73 Å². The second-order valence-electron chi connectivity index (χ2n) is 0.928. The number of H-pyrrole nitrogens is 1. The molecule has 3 N–H and O–H groups in total. The van der Waals surface area contributed by atoms with E-state index in [9.17, 15) is 0 Å². The first kappa shape index (κ1) is 3.21. The van der Waals surface area contributed by atoms with Crippen LogP contribution >= 0.6 is 0 Å². The first-order valence-electron chi connectivity index (χ1n) is 1.56. The Morgan fingerprint density at radius 3 is 3.00 bits per heavy atom. The highest BCUT2D eigenvalue weighted by Crippen LogP contribution is 1.83. The third-order valence-corrected chi connectivity index (χ3v) is 0.470. The molecule has 1 aromatic heterocycles. The first-order valence-corrected chi connectivity index (χ1v) is 1.56. The summed E-state index contributed by atoms with van der Waals surface area (Å²) in [7, 11) is 0. The molecule has 0 atom stereocenters. The van der Waals surface area contributed by atoms with Crippen molar-refractivity contribution in [2.24, 2.45) is 0 Å². The van der Waals surface area contributed by atoms with Crippen LogP contribution in [0, 0.1) is 6.20 Å². The summed E-state index contributed by atoms with van der Waals surface area (Å²) in [6.45, 7) is 0. The van der Waals surface area contributed by atoms with Gasteiger partial charge in [0.2, 0.25) is 0 Å². The second kappa shape index (κ2) is 1.01. The smallest absolute Gasteiger partial charge is 0.134 e. The molecule has 3 nitrogen and oxygen atoms in total. The molecule has 0 aliphatic rings. The lowest BCUT2D eigenvalue weighted by Crippen LogP contribution is -1.80. The van der Waals surface area contributed by atoms with E-state index in [4.69, 9.17) is 5.73 Å². The lowest BCUT2D eigenvalue weighted by Gasteiger charge is -1.69. The van der Waals surface area contributed by atoms with Crippen molar-refractivity contribution in [2.45, 2.75) is 0 Å². The zero-order valence-electron chi connectivity index (χ0n) is 3.10. The van der Waals surface area contributed by atoms with E-state index in [2.05, 4.69) is 16.2 Å². The van der Waals surface area contributed by atoms with Crippen molar-refractivity contribution in [3.63, 3.8) is 0 Å². The van der Waals surface area contributed by atoms with Crippen LogP contribution in [0.2, 0.25) is 0 Å². The molecule has 1 radical (unpaired) electrons. The van der Waals surface area contributed by atoms with Crippen molar-refractivity contribution < 1.29 is 0 Å². The third kappa shape index (κ3) is 0.337. The minimum absolute atomic E-state index is 0.481. The fraction of sp³-hybridized carbons (Fsp3) is 0. The average molecular weight is 82.1 g/mol. The number of imidazole rings is 1. The van der Waals surface area contributed by atoms with Gasteiger partial charge in [-0.25, -0.2) is 4.98 Å². The zero-order chi connectivity index (χ0) is 4.41. The fourth-order valence-corrected chi connectivity index (χ4v) is 0.236. The van der Waals surface area contributed by atoms with Gasteiger partial charge in [0.05, 0.1) is 6.33 Å². The number of rotatable bonds is 0. The highest BCUT2D eigenvalue weighted by molar-refractivity contribution is 5.19. The number of aromatic amines is 1. The molecule has 0 saturated heterocycles. The molecule has 1 aromatic rings. The molecule has 1 rings (SSSR count). The van der Waals surface area contributed by atoms with Gasteiger partial charge in [-0.1, -0.05) is 0 Å². The summed E-state index contributed by atoms with van der Waals surface area (Å²) in [5.74, 6) is 0.481. The van der Waals surface area contributed by atoms with E-state index in [1.807, 2.05) is 0 Å². The van der Waals surface area contributed by atoms with Crippen LogP contribution in [-0.4, -0.2) is 9.97 Å². The van der Waals surface area contributed by atoms with Gasteiger partial charge in [0, 0.05) is 0 Å². The van der Waals surface area contributed by atoms with Crippen molar-refractivity contribution in [3.05, 3.63) is 12.5 Å². The SMILES string of the molecule is Nc1[c]nc[nH]1. The molecule has 0 fully saturated rings. The number of nitrogens with zero attached hydrogens (tertiary/aromatic N) is 1. The standard InChI is InChI=1S/C3H4N3/c4-3-1-5-2-6-3/h2H,4H2,(H,5,6). The Kier molecular flexibility index (Phi) is 0.538. The Bertz CT molecular complexity index is 110. The Morgan fingerprint density at radius 1 is 2.00 bits per heavy atom. The molecular weight excluding hydrogens is 78.1 g/mol. The molecule has 0 aliphatic carbocycles. The van der Waals surface area contributed by atoms with Crippen molar-refractivity contribution in [1.29, 1.82) is 0 Å². The van der Waals surface area contributed by atoms with Crippen molar-refractivity contribution in [2.75, 3.05) is 5.73 Å². The van der Waals surface area contributed by atoms with Gasteiger partial charge >= 0.3 is 0 Å². The molecule has 3 heteroatoms. The lowest BCUT2D eigenvalue weighted by molar-refractivity contribution is 1.31. The van der Waals surface area contributed by atoms with Gasteiger partial charge in [-0.05, 0) is 0 Å². The largest absolute Gasteiger partial charge is 0.383 e. The van der Waals surface area contributed by atoms with Gasteiger partial charge in [0.15, 0.2) is 0 Å². The molecule has 0 aromatic carbocycles. The fourth-order valence-electron chi connectivity index (χ4n) is 0.236. The number of nitrogens with two attached hydrogens (primary N) is 1. The molecule has 0 saturated carbocycles. The first-order chi connectivity index (χ1) is 2.89. The number of aromatic nitrogens is 2. The van der Waals surface area contributed by atoms with Crippen LogP contribution in [0.1, 0.15) is 0 Å². The maximum atomic E-state index is 5.10. The molecule has 1 heterocycles. The molecule has 0 spiro atoms. The van der Waals surface area contributed by atoms with Crippen LogP contribution in [0.15, 0.2) is 6.33 Å². The maximum Gasteiger partial charge on any atom is 0.134 e. The summed E-state index contributed by atoms with van der Waals surface area (Å²) in [5.41, 5.74) is 5.10. The molecule has 0 aliphatic heterocycles. The summed E-state index contributed by atoms with van der Waals surface area (Å²) in [5, 5.41) is 0. The number of anilines is 1. The number of nitrogens with one attached hydrogen (secondary N) is 1. The van der Waals surface area contributed by atoms with Crippen LogP contribution in [-0.2, 0) is 0 Å². The minimum Gasteiger partial charge on any atom is -0.383 e. The van der Waals surface area contributed by atoms with Crippen LogP contribution in [0.3, 0.4) is 0 Å². The van der Waals surface area contributed by atoms with E-state index in [-0.39, 0.29) is 0 Å². The van der Waals surface area contributed by atoms with Gasteiger partial charge in [-0.15, -0.1) is 0 Å². The third-order valence-electron chi connectivity index (χ3n) is 0.470. The van der Waals surface area contributed by atoms with Crippen LogP contribution in [0.5, 0.6) is 0 Å². The Morgan fingerprint density at radius 2 is 2.83 bits per heavy atom. The molecule has 0 unspecified atom stereocenters. The number of hydrogen-bond acceptors (Lipinski definition) is 2. The summed E-state index contributed by atoms with van der Waals surface area (Å²) < 4.78 is 0. The van der Waals surface area contributed by atoms with Crippen LogP contribution in [0.25, 0.3) is 0 Å². The van der Waals surface area contributed by atoms with Gasteiger partial charge in [-0.2, -0.15) is 0 Å². The van der Waals surface area contributed by atoms with E-state index >= 15 is 0 Å². The summed E-state index contributed by atoms with van der Waals surface area (Å²) >= 11 is 0. The minimum atomic E-state index is 0.481. The Labute approximate surface area is 35.2 Å². The van der Waals surface area contributed by atoms with Gasteiger partial charge < -0.3 is 10.7 Å². The molecular formula is C3H4N3. The predicted molar refractivity (Wildman–Crippen MR) is 21.8 cm³/mol. The predicted octanol–water partition coefficient (Wildman–Crippen LogP) is -0.208. The molecule has 6 heavy (non-hydrogen) atoms. The van der Waals surface area contributed by atoms with Gasteiger partial charge in [-0.3, -0.25) is 0 Å². The lowest BCUT2D eigenvalue weighted by atomic mass is 10.8.